The van der Waals surface area contributed by atoms with Crippen LogP contribution in [0.25, 0.3) is 0 Å². The highest BCUT2D eigenvalue weighted by Gasteiger charge is 2.13. The molecule has 0 bridgehead atoms. The summed E-state index contributed by atoms with van der Waals surface area (Å²) < 4.78 is 0. The normalized spacial score (nSPS) is 10.8. The summed E-state index contributed by atoms with van der Waals surface area (Å²) in [5.41, 5.74) is 1.97. The summed E-state index contributed by atoms with van der Waals surface area (Å²) in [5, 5.41) is 23.0. The van der Waals surface area contributed by atoms with Gasteiger partial charge in [0.2, 0.25) is 0 Å². The van der Waals surface area contributed by atoms with Gasteiger partial charge in [0.05, 0.1) is 12.3 Å². The second-order valence-corrected chi connectivity index (χ2v) is 4.02. The zero-order valence-electron chi connectivity index (χ0n) is 10.6. The SMILES string of the molecule is Cc1ncc(CO)c(CN(C)N(C)C)c1O.Cl. The van der Waals surface area contributed by atoms with Crippen LogP contribution in [0.4, 0.5) is 0 Å². The first-order chi connectivity index (χ1) is 7.47. The molecule has 0 radical (unpaired) electrons. The summed E-state index contributed by atoms with van der Waals surface area (Å²) in [7, 11) is 5.75. The number of hydrogen-bond donors (Lipinski definition) is 2. The molecule has 17 heavy (non-hydrogen) atoms. The number of aliphatic hydroxyl groups is 1. The van der Waals surface area contributed by atoms with Crippen LogP contribution >= 0.6 is 12.4 Å². The van der Waals surface area contributed by atoms with Crippen molar-refractivity contribution in [3.8, 4) is 5.75 Å². The molecule has 98 valence electrons. The number of rotatable bonds is 4. The van der Waals surface area contributed by atoms with Gasteiger partial charge < -0.3 is 10.2 Å². The standard InChI is InChI=1S/C11H19N3O2.ClH/c1-8-11(16)10(6-14(4)13(2)3)9(7-15)5-12-8;/h5,15-16H,6-7H2,1-4H3;1H. The molecule has 1 heterocycles. The average Bonchev–Trinajstić information content (AvgIpc) is 2.25. The van der Waals surface area contributed by atoms with Gasteiger partial charge in [0.1, 0.15) is 5.75 Å². The number of hydrogen-bond acceptors (Lipinski definition) is 5. The summed E-state index contributed by atoms with van der Waals surface area (Å²) in [6.07, 6.45) is 1.61. The fraction of sp³-hybridized carbons (Fsp3) is 0.545. The molecule has 0 atom stereocenters. The van der Waals surface area contributed by atoms with Gasteiger partial charge in [-0.3, -0.25) is 4.98 Å². The Balaban J connectivity index is 0.00000256. The van der Waals surface area contributed by atoms with E-state index in [0.29, 0.717) is 17.8 Å². The third-order valence-corrected chi connectivity index (χ3v) is 2.67. The Morgan fingerprint density at radius 1 is 1.29 bits per heavy atom. The van der Waals surface area contributed by atoms with Gasteiger partial charge >= 0.3 is 0 Å². The molecular weight excluding hydrogens is 242 g/mol. The molecule has 5 nitrogen and oxygen atoms in total. The van der Waals surface area contributed by atoms with E-state index in [4.69, 9.17) is 0 Å². The van der Waals surface area contributed by atoms with Crippen LogP contribution in [0.1, 0.15) is 16.8 Å². The number of pyridine rings is 1. The molecule has 0 aliphatic heterocycles. The first-order valence-electron chi connectivity index (χ1n) is 5.13. The van der Waals surface area contributed by atoms with E-state index in [0.717, 1.165) is 5.56 Å². The van der Waals surface area contributed by atoms with Crippen LogP contribution in [-0.4, -0.2) is 46.4 Å². The van der Waals surface area contributed by atoms with Gasteiger partial charge in [0.25, 0.3) is 0 Å². The summed E-state index contributed by atoms with van der Waals surface area (Å²) in [5.74, 6) is 0.167. The zero-order valence-corrected chi connectivity index (χ0v) is 11.5. The van der Waals surface area contributed by atoms with Crippen LogP contribution in [0, 0.1) is 6.92 Å². The van der Waals surface area contributed by atoms with Gasteiger partial charge in [-0.15, -0.1) is 12.4 Å². The summed E-state index contributed by atoms with van der Waals surface area (Å²) in [4.78, 5) is 4.02. The minimum atomic E-state index is -0.114. The van der Waals surface area contributed by atoms with E-state index in [1.54, 1.807) is 13.1 Å². The second-order valence-electron chi connectivity index (χ2n) is 4.02. The predicted octanol–water partition coefficient (Wildman–Crippen LogP) is 0.918. The fourth-order valence-electron chi connectivity index (χ4n) is 1.37. The smallest absolute Gasteiger partial charge is 0.141 e. The van der Waals surface area contributed by atoms with Gasteiger partial charge in [-0.2, -0.15) is 0 Å². The van der Waals surface area contributed by atoms with Crippen molar-refractivity contribution in [1.29, 1.82) is 0 Å². The zero-order chi connectivity index (χ0) is 12.3. The molecule has 0 spiro atoms. The van der Waals surface area contributed by atoms with E-state index < -0.39 is 0 Å². The predicted molar refractivity (Wildman–Crippen MR) is 69.0 cm³/mol. The summed E-state index contributed by atoms with van der Waals surface area (Å²) >= 11 is 0. The maximum absolute atomic E-state index is 9.92. The number of aliphatic hydroxyl groups excluding tert-OH is 1. The number of aromatic nitrogens is 1. The van der Waals surface area contributed by atoms with E-state index in [1.165, 1.54) is 0 Å². The maximum Gasteiger partial charge on any atom is 0.141 e. The van der Waals surface area contributed by atoms with Crippen molar-refractivity contribution in [3.05, 3.63) is 23.0 Å². The molecule has 0 saturated carbocycles. The number of aromatic hydroxyl groups is 1. The summed E-state index contributed by atoms with van der Waals surface area (Å²) in [6.45, 7) is 2.17. The van der Waals surface area contributed by atoms with Crippen molar-refractivity contribution in [2.45, 2.75) is 20.1 Å². The van der Waals surface area contributed by atoms with Crippen molar-refractivity contribution < 1.29 is 10.2 Å². The topological polar surface area (TPSA) is 59.8 Å². The molecule has 0 aromatic carbocycles. The van der Waals surface area contributed by atoms with Crippen molar-refractivity contribution >= 4 is 12.4 Å². The van der Waals surface area contributed by atoms with Gasteiger partial charge in [0, 0.05) is 45.0 Å². The summed E-state index contributed by atoms with van der Waals surface area (Å²) in [6, 6.07) is 0. The van der Waals surface area contributed by atoms with Gasteiger partial charge in [-0.1, -0.05) is 0 Å². The molecule has 0 fully saturated rings. The Kier molecular flexibility index (Phi) is 6.41. The van der Waals surface area contributed by atoms with Crippen LogP contribution < -0.4 is 0 Å². The number of nitrogens with zero attached hydrogens (tertiary/aromatic N) is 3. The monoisotopic (exact) mass is 261 g/mol. The third-order valence-electron chi connectivity index (χ3n) is 2.67. The van der Waals surface area contributed by atoms with Crippen LogP contribution in [0.15, 0.2) is 6.20 Å². The second kappa shape index (κ2) is 6.76. The largest absolute Gasteiger partial charge is 0.506 e. The fourth-order valence-corrected chi connectivity index (χ4v) is 1.37. The molecule has 1 aromatic rings. The first kappa shape index (κ1) is 16.1. The van der Waals surface area contributed by atoms with E-state index in [9.17, 15) is 10.2 Å². The molecular formula is C11H20ClN3O2. The highest BCUT2D eigenvalue weighted by atomic mass is 35.5. The van der Waals surface area contributed by atoms with E-state index in [2.05, 4.69) is 4.98 Å². The molecule has 1 aromatic heterocycles. The molecule has 0 saturated heterocycles. The van der Waals surface area contributed by atoms with Crippen molar-refractivity contribution in [3.63, 3.8) is 0 Å². The quantitative estimate of drug-likeness (QED) is 0.790. The van der Waals surface area contributed by atoms with Crippen LogP contribution in [-0.2, 0) is 13.2 Å². The molecule has 6 heteroatoms. The molecule has 0 aliphatic carbocycles. The van der Waals surface area contributed by atoms with Crippen LogP contribution in [0.3, 0.4) is 0 Å². The molecule has 0 aliphatic rings. The van der Waals surface area contributed by atoms with Crippen LogP contribution in [0.5, 0.6) is 5.75 Å². The lowest BCUT2D eigenvalue weighted by atomic mass is 10.1. The average molecular weight is 262 g/mol. The minimum absolute atomic E-state index is 0. The van der Waals surface area contributed by atoms with Crippen molar-refractivity contribution in [2.24, 2.45) is 0 Å². The Bertz CT molecular complexity index is 372. The lowest BCUT2D eigenvalue weighted by molar-refractivity contribution is 0.0461. The lowest BCUT2D eigenvalue weighted by Crippen LogP contribution is -2.32. The maximum atomic E-state index is 9.92. The Morgan fingerprint density at radius 3 is 2.35 bits per heavy atom. The Labute approximate surface area is 108 Å². The van der Waals surface area contributed by atoms with E-state index in [-0.39, 0.29) is 24.8 Å². The third kappa shape index (κ3) is 3.81. The van der Waals surface area contributed by atoms with E-state index in [1.807, 2.05) is 31.2 Å². The number of hydrazine groups is 1. The highest BCUT2D eigenvalue weighted by Crippen LogP contribution is 2.25. The Hall–Kier alpha value is -0.880. The molecule has 1 rings (SSSR count). The van der Waals surface area contributed by atoms with E-state index >= 15 is 0 Å². The molecule has 0 unspecified atom stereocenters. The first-order valence-corrected chi connectivity index (χ1v) is 5.13. The number of aryl methyl sites for hydroxylation is 1. The Morgan fingerprint density at radius 2 is 1.88 bits per heavy atom. The van der Waals surface area contributed by atoms with Crippen molar-refractivity contribution in [1.82, 2.24) is 15.0 Å². The van der Waals surface area contributed by atoms with Gasteiger partial charge in [-0.05, 0) is 6.92 Å². The minimum Gasteiger partial charge on any atom is -0.506 e. The number of halogens is 1. The lowest BCUT2D eigenvalue weighted by Gasteiger charge is -2.25. The molecule has 2 N–H and O–H groups in total. The van der Waals surface area contributed by atoms with Gasteiger partial charge in [-0.25, -0.2) is 10.0 Å². The van der Waals surface area contributed by atoms with Gasteiger partial charge in [0.15, 0.2) is 0 Å². The highest BCUT2D eigenvalue weighted by molar-refractivity contribution is 5.85. The molecule has 0 amide bonds. The van der Waals surface area contributed by atoms with Crippen molar-refractivity contribution in [2.75, 3.05) is 21.1 Å². The van der Waals surface area contributed by atoms with Crippen LogP contribution in [0.2, 0.25) is 0 Å².